The molecule has 8 heteroatoms. The summed E-state index contributed by atoms with van der Waals surface area (Å²) in [7, 11) is -2.53. The van der Waals surface area contributed by atoms with Crippen LogP contribution in [0.15, 0.2) is 23.6 Å². The SMILES string of the molecule is CC/N=C(/N[C@H]1CCCNC1)c1nccn1/C(=C/N)P(C)(C)=O. The fraction of sp³-hybridized carbons (Fsp3) is 0.600. The summed E-state index contributed by atoms with van der Waals surface area (Å²) in [5.74, 6) is 1.37. The van der Waals surface area contributed by atoms with E-state index in [9.17, 15) is 4.57 Å². The third-order valence-electron chi connectivity index (χ3n) is 3.75. The second-order valence-electron chi connectivity index (χ2n) is 6.01. The first kappa shape index (κ1) is 17.8. The number of amidine groups is 1. The smallest absolute Gasteiger partial charge is 0.180 e. The molecule has 7 nitrogen and oxygen atoms in total. The molecular weight excluding hydrogens is 311 g/mol. The molecule has 0 radical (unpaired) electrons. The van der Waals surface area contributed by atoms with Crippen LogP contribution in [0.2, 0.25) is 0 Å². The summed E-state index contributed by atoms with van der Waals surface area (Å²) in [4.78, 5) is 8.97. The zero-order valence-electron chi connectivity index (χ0n) is 14.1. The highest BCUT2D eigenvalue weighted by Crippen LogP contribution is 2.48. The lowest BCUT2D eigenvalue weighted by Crippen LogP contribution is -2.46. The molecule has 128 valence electrons. The molecule has 2 rings (SSSR count). The maximum Gasteiger partial charge on any atom is 0.180 e. The summed E-state index contributed by atoms with van der Waals surface area (Å²) in [5.41, 5.74) is 6.29. The molecule has 0 unspecified atom stereocenters. The zero-order chi connectivity index (χ0) is 16.9. The molecule has 1 aromatic rings. The Morgan fingerprint density at radius 1 is 1.65 bits per heavy atom. The average Bonchev–Trinajstić information content (AvgIpc) is 2.96. The first-order chi connectivity index (χ1) is 11.0. The number of hydrogen-bond donors (Lipinski definition) is 3. The molecule has 23 heavy (non-hydrogen) atoms. The molecule has 0 spiro atoms. The van der Waals surface area contributed by atoms with Gasteiger partial charge in [0, 0.05) is 37.7 Å². The van der Waals surface area contributed by atoms with Crippen LogP contribution in [0, 0.1) is 0 Å². The van der Waals surface area contributed by atoms with Crippen LogP contribution in [0.25, 0.3) is 5.44 Å². The maximum absolute atomic E-state index is 12.5. The molecular formula is C15H27N6OP. The predicted molar refractivity (Wildman–Crippen MR) is 96.2 cm³/mol. The Kier molecular flexibility index (Phi) is 6.02. The fourth-order valence-corrected chi connectivity index (χ4v) is 3.73. The van der Waals surface area contributed by atoms with E-state index in [0.29, 0.717) is 23.8 Å². The van der Waals surface area contributed by atoms with Gasteiger partial charge in [0.25, 0.3) is 0 Å². The zero-order valence-corrected chi connectivity index (χ0v) is 15.0. The van der Waals surface area contributed by atoms with Gasteiger partial charge < -0.3 is 20.9 Å². The summed E-state index contributed by atoms with van der Waals surface area (Å²) in [6.07, 6.45) is 7.09. The van der Waals surface area contributed by atoms with Gasteiger partial charge in [0.1, 0.15) is 7.14 Å². The van der Waals surface area contributed by atoms with Crippen molar-refractivity contribution in [3.63, 3.8) is 0 Å². The van der Waals surface area contributed by atoms with E-state index in [4.69, 9.17) is 5.73 Å². The van der Waals surface area contributed by atoms with Crippen molar-refractivity contribution in [3.05, 3.63) is 24.4 Å². The van der Waals surface area contributed by atoms with Crippen molar-refractivity contribution in [2.24, 2.45) is 10.7 Å². The highest BCUT2D eigenvalue weighted by molar-refractivity contribution is 7.72. The summed E-state index contributed by atoms with van der Waals surface area (Å²) >= 11 is 0. The summed E-state index contributed by atoms with van der Waals surface area (Å²) in [6.45, 7) is 7.99. The van der Waals surface area contributed by atoms with Gasteiger partial charge >= 0.3 is 0 Å². The molecule has 0 amide bonds. The lowest BCUT2D eigenvalue weighted by molar-refractivity contribution is 0.430. The van der Waals surface area contributed by atoms with Crippen molar-refractivity contribution in [1.82, 2.24) is 20.2 Å². The molecule has 1 aromatic heterocycles. The van der Waals surface area contributed by atoms with Gasteiger partial charge in [-0.05, 0) is 39.6 Å². The van der Waals surface area contributed by atoms with Gasteiger partial charge in [0.15, 0.2) is 11.7 Å². The summed E-state index contributed by atoms with van der Waals surface area (Å²) in [5, 5.41) is 6.86. The van der Waals surface area contributed by atoms with Crippen molar-refractivity contribution in [1.29, 1.82) is 0 Å². The molecule has 1 saturated heterocycles. The highest BCUT2D eigenvalue weighted by atomic mass is 31.2. The van der Waals surface area contributed by atoms with Gasteiger partial charge in [-0.25, -0.2) is 4.98 Å². The third kappa shape index (κ3) is 4.45. The van der Waals surface area contributed by atoms with Crippen LogP contribution in [0.1, 0.15) is 25.6 Å². The number of nitrogens with zero attached hydrogens (tertiary/aromatic N) is 3. The second-order valence-corrected chi connectivity index (χ2v) is 9.17. The quantitative estimate of drug-likeness (QED) is 0.427. The Morgan fingerprint density at radius 3 is 3.00 bits per heavy atom. The van der Waals surface area contributed by atoms with Crippen molar-refractivity contribution in [2.75, 3.05) is 33.0 Å². The fourth-order valence-electron chi connectivity index (χ4n) is 2.69. The first-order valence-electron chi connectivity index (χ1n) is 8.00. The van der Waals surface area contributed by atoms with Crippen LogP contribution in [0.4, 0.5) is 0 Å². The van der Waals surface area contributed by atoms with Gasteiger partial charge in [-0.2, -0.15) is 0 Å². The molecule has 0 aliphatic carbocycles. The van der Waals surface area contributed by atoms with Gasteiger partial charge in [-0.1, -0.05) is 0 Å². The molecule has 0 saturated carbocycles. The number of nitrogens with one attached hydrogen (secondary N) is 2. The van der Waals surface area contributed by atoms with E-state index in [-0.39, 0.29) is 0 Å². The van der Waals surface area contributed by atoms with E-state index >= 15 is 0 Å². The first-order valence-corrected chi connectivity index (χ1v) is 10.6. The van der Waals surface area contributed by atoms with Crippen LogP contribution in [0.5, 0.6) is 0 Å². The number of aliphatic imine (C=N–C) groups is 1. The normalized spacial score (nSPS) is 20.6. The number of rotatable bonds is 5. The molecule has 2 heterocycles. The standard InChI is InChI=1S/C15H27N6OP/c1-4-18-14(20-12-6-5-7-17-11-12)15-19-8-9-21(15)13(10-16)23(2,3)22/h8-10,12,17H,4-7,11,16H2,1-3H3,(H,18,20)/b13-10-/t12-/m0/s1. The van der Waals surface area contributed by atoms with E-state index in [1.54, 1.807) is 30.3 Å². The molecule has 1 aliphatic rings. The van der Waals surface area contributed by atoms with Crippen molar-refractivity contribution < 1.29 is 4.57 Å². The second kappa shape index (κ2) is 7.79. The lowest BCUT2D eigenvalue weighted by Gasteiger charge is -2.26. The predicted octanol–water partition coefficient (Wildman–Crippen LogP) is 1.33. The number of aromatic nitrogens is 2. The van der Waals surface area contributed by atoms with Crippen LogP contribution < -0.4 is 16.4 Å². The van der Waals surface area contributed by atoms with E-state index in [1.807, 2.05) is 6.92 Å². The van der Waals surface area contributed by atoms with Crippen LogP contribution >= 0.6 is 7.14 Å². The van der Waals surface area contributed by atoms with E-state index in [1.165, 1.54) is 6.20 Å². The topological polar surface area (TPSA) is 97.3 Å². The average molecular weight is 338 g/mol. The Balaban J connectivity index is 2.32. The molecule has 4 N–H and O–H groups in total. The van der Waals surface area contributed by atoms with Crippen molar-refractivity contribution in [3.8, 4) is 0 Å². The van der Waals surface area contributed by atoms with E-state index in [2.05, 4.69) is 20.6 Å². The van der Waals surface area contributed by atoms with E-state index < -0.39 is 7.14 Å². The minimum atomic E-state index is -2.53. The third-order valence-corrected chi connectivity index (χ3v) is 5.22. The number of imidazole rings is 1. The lowest BCUT2D eigenvalue weighted by atomic mass is 10.1. The van der Waals surface area contributed by atoms with E-state index in [0.717, 1.165) is 31.8 Å². The number of nitrogens with two attached hydrogens (primary N) is 1. The summed E-state index contributed by atoms with van der Waals surface area (Å²) < 4.78 is 14.3. The van der Waals surface area contributed by atoms with Crippen LogP contribution in [0.3, 0.4) is 0 Å². The van der Waals surface area contributed by atoms with Crippen LogP contribution in [-0.4, -0.2) is 54.4 Å². The molecule has 0 aromatic carbocycles. The Hall–Kier alpha value is -1.59. The maximum atomic E-state index is 12.5. The Morgan fingerprint density at radius 2 is 2.43 bits per heavy atom. The van der Waals surface area contributed by atoms with Gasteiger partial charge in [0.2, 0.25) is 0 Å². The Bertz CT molecular complexity index is 624. The van der Waals surface area contributed by atoms with Gasteiger partial charge in [0.05, 0.1) is 5.44 Å². The number of piperidine rings is 1. The molecule has 1 fully saturated rings. The number of hydrogen-bond acceptors (Lipinski definition) is 5. The van der Waals surface area contributed by atoms with Gasteiger partial charge in [-0.15, -0.1) is 0 Å². The minimum Gasteiger partial charge on any atom is -0.403 e. The molecule has 0 bridgehead atoms. The molecule has 1 aliphatic heterocycles. The Labute approximate surface area is 137 Å². The van der Waals surface area contributed by atoms with Crippen molar-refractivity contribution >= 4 is 18.4 Å². The minimum absolute atomic E-state index is 0.319. The van der Waals surface area contributed by atoms with Crippen LogP contribution in [-0.2, 0) is 4.57 Å². The highest BCUT2D eigenvalue weighted by Gasteiger charge is 2.23. The largest absolute Gasteiger partial charge is 0.403 e. The monoisotopic (exact) mass is 338 g/mol. The van der Waals surface area contributed by atoms with Crippen molar-refractivity contribution in [2.45, 2.75) is 25.8 Å². The van der Waals surface area contributed by atoms with Gasteiger partial charge in [-0.3, -0.25) is 9.56 Å². The summed E-state index contributed by atoms with van der Waals surface area (Å²) in [6, 6.07) is 0.319. The molecule has 1 atom stereocenters.